The van der Waals surface area contributed by atoms with Crippen molar-refractivity contribution in [3.63, 3.8) is 0 Å². The molecule has 116 valence electrons. The average molecular weight is 309 g/mol. The number of carbonyl (C=O) groups excluding carboxylic acids is 1. The summed E-state index contributed by atoms with van der Waals surface area (Å²) in [5.41, 5.74) is -0.431. The normalized spacial score (nSPS) is 19.0. The van der Waals surface area contributed by atoms with Crippen LogP contribution in [-0.4, -0.2) is 35.5 Å². The van der Waals surface area contributed by atoms with Gasteiger partial charge in [0.25, 0.3) is 0 Å². The monoisotopic (exact) mass is 309 g/mol. The largest absolute Gasteiger partial charge is 0.481 e. The summed E-state index contributed by atoms with van der Waals surface area (Å²) in [6.45, 7) is 1.91. The van der Waals surface area contributed by atoms with E-state index in [1.165, 1.54) is 6.42 Å². The summed E-state index contributed by atoms with van der Waals surface area (Å²) in [4.78, 5) is 26.8. The molecule has 1 aliphatic rings. The summed E-state index contributed by atoms with van der Waals surface area (Å²) >= 11 is 1.64. The highest BCUT2D eigenvalue weighted by molar-refractivity contribution is 7.10. The number of carboxylic acids is 1. The number of rotatable bonds is 5. The Balaban J connectivity index is 2.21. The van der Waals surface area contributed by atoms with E-state index < -0.39 is 17.3 Å². The van der Waals surface area contributed by atoms with Gasteiger partial charge in [0.15, 0.2) is 0 Å². The van der Waals surface area contributed by atoms with Crippen LogP contribution in [0.5, 0.6) is 0 Å². The molecule has 1 aromatic rings. The van der Waals surface area contributed by atoms with Gasteiger partial charge >= 0.3 is 5.97 Å². The van der Waals surface area contributed by atoms with Gasteiger partial charge in [-0.3, -0.25) is 9.59 Å². The van der Waals surface area contributed by atoms with E-state index in [9.17, 15) is 9.59 Å². The summed E-state index contributed by atoms with van der Waals surface area (Å²) in [6.07, 6.45) is 5.05. The third kappa shape index (κ3) is 3.28. The predicted octanol–water partition coefficient (Wildman–Crippen LogP) is 3.13. The van der Waals surface area contributed by atoms with Gasteiger partial charge in [0.05, 0.1) is 11.3 Å². The second-order valence-corrected chi connectivity index (χ2v) is 6.99. The van der Waals surface area contributed by atoms with Crippen LogP contribution >= 0.6 is 11.3 Å². The van der Waals surface area contributed by atoms with Gasteiger partial charge in [0.2, 0.25) is 5.91 Å². The SMILES string of the molecule is CC(CN(C)C(=O)C1(c2cccs2)CCCCC1)C(=O)O. The van der Waals surface area contributed by atoms with Crippen LogP contribution in [0.4, 0.5) is 0 Å². The topological polar surface area (TPSA) is 57.6 Å². The number of carbonyl (C=O) groups is 2. The number of thiophene rings is 1. The van der Waals surface area contributed by atoms with Gasteiger partial charge in [-0.25, -0.2) is 0 Å². The van der Waals surface area contributed by atoms with E-state index in [2.05, 4.69) is 0 Å². The van der Waals surface area contributed by atoms with Crippen molar-refractivity contribution < 1.29 is 14.7 Å². The number of carboxylic acid groups (broad SMARTS) is 1. The van der Waals surface area contributed by atoms with Gasteiger partial charge in [-0.15, -0.1) is 11.3 Å². The van der Waals surface area contributed by atoms with E-state index in [-0.39, 0.29) is 12.5 Å². The van der Waals surface area contributed by atoms with E-state index in [0.717, 1.165) is 30.6 Å². The van der Waals surface area contributed by atoms with E-state index in [0.29, 0.717) is 0 Å². The maximum absolute atomic E-state index is 13.0. The van der Waals surface area contributed by atoms with Crippen LogP contribution < -0.4 is 0 Å². The van der Waals surface area contributed by atoms with Crippen LogP contribution in [-0.2, 0) is 15.0 Å². The minimum Gasteiger partial charge on any atom is -0.481 e. The molecular weight excluding hydrogens is 286 g/mol. The molecule has 2 rings (SSSR count). The smallest absolute Gasteiger partial charge is 0.308 e. The standard InChI is InChI=1S/C16H23NO3S/c1-12(14(18)19)11-17(2)15(20)16(8-4-3-5-9-16)13-7-6-10-21-13/h6-7,10,12H,3-5,8-9,11H2,1-2H3,(H,18,19). The fraction of sp³-hybridized carbons (Fsp3) is 0.625. The van der Waals surface area contributed by atoms with Gasteiger partial charge in [0.1, 0.15) is 0 Å². The summed E-state index contributed by atoms with van der Waals surface area (Å²) in [5.74, 6) is -1.32. The fourth-order valence-corrected chi connectivity index (χ4v) is 4.19. The minimum absolute atomic E-state index is 0.0813. The lowest BCUT2D eigenvalue weighted by molar-refractivity contribution is -0.144. The number of hydrogen-bond acceptors (Lipinski definition) is 3. The first-order valence-corrected chi connectivity index (χ1v) is 8.38. The molecule has 1 heterocycles. The van der Waals surface area contributed by atoms with Gasteiger partial charge in [-0.2, -0.15) is 0 Å². The van der Waals surface area contributed by atoms with Crippen LogP contribution in [0.3, 0.4) is 0 Å². The zero-order valence-electron chi connectivity index (χ0n) is 12.7. The first-order chi connectivity index (χ1) is 9.97. The third-order valence-corrected chi connectivity index (χ3v) is 5.50. The van der Waals surface area contributed by atoms with E-state index in [1.54, 1.807) is 30.2 Å². The first kappa shape index (κ1) is 16.0. The third-order valence-electron chi connectivity index (χ3n) is 4.43. The van der Waals surface area contributed by atoms with Crippen molar-refractivity contribution in [2.24, 2.45) is 5.92 Å². The number of aliphatic carboxylic acids is 1. The van der Waals surface area contributed by atoms with Crippen molar-refractivity contribution in [1.29, 1.82) is 0 Å². The van der Waals surface area contributed by atoms with Gasteiger partial charge in [-0.05, 0) is 24.3 Å². The first-order valence-electron chi connectivity index (χ1n) is 7.50. The van der Waals surface area contributed by atoms with Crippen LogP contribution in [0, 0.1) is 5.92 Å². The number of likely N-dealkylation sites (N-methyl/N-ethyl adjacent to an activating group) is 1. The second kappa shape index (κ2) is 6.60. The summed E-state index contributed by atoms with van der Waals surface area (Å²) in [5, 5.41) is 11.0. The Labute approximate surface area is 129 Å². The maximum atomic E-state index is 13.0. The maximum Gasteiger partial charge on any atom is 0.308 e. The fourth-order valence-electron chi connectivity index (χ4n) is 3.21. The lowest BCUT2D eigenvalue weighted by Crippen LogP contribution is -2.47. The predicted molar refractivity (Wildman–Crippen MR) is 83.5 cm³/mol. The van der Waals surface area contributed by atoms with Crippen molar-refractivity contribution in [3.05, 3.63) is 22.4 Å². The van der Waals surface area contributed by atoms with Gasteiger partial charge in [0, 0.05) is 18.5 Å². The van der Waals surface area contributed by atoms with Crippen LogP contribution in [0.25, 0.3) is 0 Å². The Morgan fingerprint density at radius 1 is 1.38 bits per heavy atom. The van der Waals surface area contributed by atoms with Crippen molar-refractivity contribution in [2.75, 3.05) is 13.6 Å². The van der Waals surface area contributed by atoms with Crippen molar-refractivity contribution in [2.45, 2.75) is 44.4 Å². The van der Waals surface area contributed by atoms with E-state index >= 15 is 0 Å². The number of hydrogen-bond donors (Lipinski definition) is 1. The molecule has 1 unspecified atom stereocenters. The second-order valence-electron chi connectivity index (χ2n) is 6.05. The van der Waals surface area contributed by atoms with Crippen LogP contribution in [0.1, 0.15) is 43.9 Å². The van der Waals surface area contributed by atoms with Gasteiger partial charge in [-0.1, -0.05) is 32.3 Å². The summed E-state index contributed by atoms with van der Waals surface area (Å²) in [6, 6.07) is 4.03. The zero-order valence-corrected chi connectivity index (χ0v) is 13.5. The minimum atomic E-state index is -0.858. The highest BCUT2D eigenvalue weighted by Gasteiger charge is 2.43. The lowest BCUT2D eigenvalue weighted by atomic mass is 9.72. The molecule has 0 saturated heterocycles. The molecule has 0 radical (unpaired) electrons. The molecule has 1 atom stereocenters. The molecule has 1 aliphatic carbocycles. The molecule has 1 fully saturated rings. The summed E-state index contributed by atoms with van der Waals surface area (Å²) < 4.78 is 0. The molecule has 4 nitrogen and oxygen atoms in total. The van der Waals surface area contributed by atoms with E-state index in [4.69, 9.17) is 5.11 Å². The van der Waals surface area contributed by atoms with Crippen LogP contribution in [0.15, 0.2) is 17.5 Å². The molecule has 1 aromatic heterocycles. The van der Waals surface area contributed by atoms with Crippen LogP contribution in [0.2, 0.25) is 0 Å². The number of amides is 1. The Morgan fingerprint density at radius 2 is 2.05 bits per heavy atom. The van der Waals surface area contributed by atoms with Crippen molar-refractivity contribution >= 4 is 23.2 Å². The molecule has 1 amide bonds. The summed E-state index contributed by atoms with van der Waals surface area (Å²) in [7, 11) is 1.73. The molecule has 0 bridgehead atoms. The Morgan fingerprint density at radius 3 is 2.57 bits per heavy atom. The Kier molecular flexibility index (Phi) is 5.04. The Bertz CT molecular complexity index is 492. The molecule has 0 aromatic carbocycles. The highest BCUT2D eigenvalue weighted by atomic mass is 32.1. The highest BCUT2D eigenvalue weighted by Crippen LogP contribution is 2.42. The van der Waals surface area contributed by atoms with Crippen molar-refractivity contribution in [1.82, 2.24) is 4.90 Å². The molecule has 1 N–H and O–H groups in total. The Hall–Kier alpha value is -1.36. The molecular formula is C16H23NO3S. The van der Waals surface area contributed by atoms with Gasteiger partial charge < -0.3 is 10.0 Å². The molecule has 0 spiro atoms. The lowest BCUT2D eigenvalue weighted by Gasteiger charge is -2.38. The zero-order chi connectivity index (χ0) is 15.5. The molecule has 5 heteroatoms. The molecule has 1 saturated carbocycles. The average Bonchev–Trinajstić information content (AvgIpc) is 3.01. The quantitative estimate of drug-likeness (QED) is 0.909. The van der Waals surface area contributed by atoms with E-state index in [1.807, 2.05) is 17.5 Å². The number of nitrogens with zero attached hydrogens (tertiary/aromatic N) is 1. The molecule has 0 aliphatic heterocycles. The van der Waals surface area contributed by atoms with Crippen molar-refractivity contribution in [3.8, 4) is 0 Å². The molecule has 21 heavy (non-hydrogen) atoms.